The molecule has 0 radical (unpaired) electrons. The van der Waals surface area contributed by atoms with Crippen molar-refractivity contribution in [3.63, 3.8) is 0 Å². The quantitative estimate of drug-likeness (QED) is 0.487. The van der Waals surface area contributed by atoms with Crippen molar-refractivity contribution in [2.45, 2.75) is 17.9 Å². The predicted octanol–water partition coefficient (Wildman–Crippen LogP) is 1.67. The summed E-state index contributed by atoms with van der Waals surface area (Å²) in [7, 11) is -3.68. The van der Waals surface area contributed by atoms with Gasteiger partial charge in [-0.05, 0) is 58.8 Å². The van der Waals surface area contributed by atoms with Crippen LogP contribution in [0, 0.1) is 0 Å². The Hall–Kier alpha value is -1.49. The van der Waals surface area contributed by atoms with E-state index in [1.165, 1.54) is 12.1 Å². The molecule has 124 valence electrons. The molecule has 0 aliphatic heterocycles. The van der Waals surface area contributed by atoms with Crippen molar-refractivity contribution in [1.29, 1.82) is 0 Å². The third-order valence-electron chi connectivity index (χ3n) is 2.89. The summed E-state index contributed by atoms with van der Waals surface area (Å²) in [6.45, 7) is 1.48. The first kappa shape index (κ1) is 17.9. The number of hydrogen-bond acceptors (Lipinski definition) is 4. The maximum absolute atomic E-state index is 11.2. The van der Waals surface area contributed by atoms with E-state index in [0.717, 1.165) is 17.4 Å². The van der Waals surface area contributed by atoms with Crippen molar-refractivity contribution in [2.75, 3.05) is 11.9 Å². The topological polar surface area (TPSA) is 102 Å². The van der Waals surface area contributed by atoms with Crippen molar-refractivity contribution in [2.24, 2.45) is 5.14 Å². The first-order chi connectivity index (χ1) is 10.8. The van der Waals surface area contributed by atoms with Gasteiger partial charge in [-0.1, -0.05) is 0 Å². The lowest BCUT2D eigenvalue weighted by atomic mass is 10.3. The minimum atomic E-state index is -3.68. The summed E-state index contributed by atoms with van der Waals surface area (Å²) in [6, 6.07) is 6.07. The summed E-state index contributed by atoms with van der Waals surface area (Å²) in [5.41, 5.74) is 0.686. The van der Waals surface area contributed by atoms with E-state index in [0.29, 0.717) is 17.3 Å². The highest BCUT2D eigenvalue weighted by atomic mass is 79.9. The number of nitrogens with one attached hydrogen (secondary N) is 2. The summed E-state index contributed by atoms with van der Waals surface area (Å²) < 4.78 is 25.1. The number of sulfonamides is 1. The molecule has 2 rings (SSSR count). The first-order valence-corrected chi connectivity index (χ1v) is 9.45. The maximum atomic E-state index is 11.2. The minimum absolute atomic E-state index is 0.0623. The molecule has 0 saturated carbocycles. The summed E-state index contributed by atoms with van der Waals surface area (Å²) in [4.78, 5) is 0.0623. The van der Waals surface area contributed by atoms with Gasteiger partial charge in [0.15, 0.2) is 5.11 Å². The fraction of sp³-hybridized carbons (Fsp3) is 0.231. The van der Waals surface area contributed by atoms with Crippen LogP contribution < -0.4 is 15.8 Å². The molecule has 0 bridgehead atoms. The van der Waals surface area contributed by atoms with Gasteiger partial charge in [0, 0.05) is 25.0 Å². The van der Waals surface area contributed by atoms with Crippen LogP contribution in [0.25, 0.3) is 0 Å². The third kappa shape index (κ3) is 5.90. The number of nitrogens with two attached hydrogens (primary N) is 1. The van der Waals surface area contributed by atoms with E-state index in [1.54, 1.807) is 18.3 Å². The van der Waals surface area contributed by atoms with Crippen LogP contribution in [0.1, 0.15) is 6.42 Å². The number of aromatic nitrogens is 2. The molecule has 0 aliphatic rings. The standard InChI is InChI=1S/C13H16BrN5O2S2/c14-10-8-17-19(9-10)7-1-6-16-13(22)18-11-2-4-12(5-3-11)23(15,20)21/h2-5,8-9H,1,6-7H2,(H2,15,20,21)(H2,16,18,22). The molecule has 2 aromatic rings. The average molecular weight is 418 g/mol. The summed E-state index contributed by atoms with van der Waals surface area (Å²) in [5, 5.41) is 15.7. The number of primary sulfonamides is 1. The van der Waals surface area contributed by atoms with E-state index >= 15 is 0 Å². The van der Waals surface area contributed by atoms with E-state index in [1.807, 2.05) is 10.9 Å². The van der Waals surface area contributed by atoms with Crippen LogP contribution in [-0.2, 0) is 16.6 Å². The van der Waals surface area contributed by atoms with Crippen molar-refractivity contribution < 1.29 is 8.42 Å². The molecule has 0 amide bonds. The van der Waals surface area contributed by atoms with Gasteiger partial charge in [-0.2, -0.15) is 5.10 Å². The van der Waals surface area contributed by atoms with Crippen LogP contribution in [-0.4, -0.2) is 29.9 Å². The molecule has 10 heteroatoms. The summed E-state index contributed by atoms with van der Waals surface area (Å²) in [6.07, 6.45) is 4.51. The SMILES string of the molecule is NS(=O)(=O)c1ccc(NC(=S)NCCCn2cc(Br)cn2)cc1. The smallest absolute Gasteiger partial charge is 0.238 e. The molecule has 0 unspecified atom stereocenters. The molecular formula is C13H16BrN5O2S2. The van der Waals surface area contributed by atoms with E-state index in [2.05, 4.69) is 31.7 Å². The molecule has 0 saturated heterocycles. The van der Waals surface area contributed by atoms with E-state index < -0.39 is 10.0 Å². The highest BCUT2D eigenvalue weighted by Gasteiger charge is 2.07. The molecule has 23 heavy (non-hydrogen) atoms. The second kappa shape index (κ2) is 7.86. The van der Waals surface area contributed by atoms with Crippen LogP contribution in [0.15, 0.2) is 46.0 Å². The van der Waals surface area contributed by atoms with Crippen LogP contribution in [0.2, 0.25) is 0 Å². The highest BCUT2D eigenvalue weighted by Crippen LogP contribution is 2.12. The molecule has 7 nitrogen and oxygen atoms in total. The monoisotopic (exact) mass is 417 g/mol. The summed E-state index contributed by atoms with van der Waals surface area (Å²) >= 11 is 8.52. The third-order valence-corrected chi connectivity index (χ3v) is 4.48. The Bertz CT molecular complexity index is 774. The summed E-state index contributed by atoms with van der Waals surface area (Å²) in [5.74, 6) is 0. The Kier molecular flexibility index (Phi) is 6.10. The number of thiocarbonyl (C=S) groups is 1. The Balaban J connectivity index is 1.74. The molecule has 1 aromatic heterocycles. The van der Waals surface area contributed by atoms with Gasteiger partial charge < -0.3 is 10.6 Å². The van der Waals surface area contributed by atoms with Gasteiger partial charge in [-0.3, -0.25) is 4.68 Å². The number of anilines is 1. The van der Waals surface area contributed by atoms with Crippen LogP contribution in [0.3, 0.4) is 0 Å². The Morgan fingerprint density at radius 2 is 2.04 bits per heavy atom. The van der Waals surface area contributed by atoms with Crippen molar-refractivity contribution in [1.82, 2.24) is 15.1 Å². The van der Waals surface area contributed by atoms with Gasteiger partial charge in [-0.25, -0.2) is 13.6 Å². The van der Waals surface area contributed by atoms with E-state index in [-0.39, 0.29) is 4.90 Å². The zero-order valence-corrected chi connectivity index (χ0v) is 15.3. The molecule has 0 atom stereocenters. The predicted molar refractivity (Wildman–Crippen MR) is 96.6 cm³/mol. The average Bonchev–Trinajstić information content (AvgIpc) is 2.89. The van der Waals surface area contributed by atoms with Gasteiger partial charge in [0.05, 0.1) is 15.6 Å². The normalized spacial score (nSPS) is 11.2. The number of nitrogens with zero attached hydrogens (tertiary/aromatic N) is 2. The molecule has 0 fully saturated rings. The number of aryl methyl sites for hydroxylation is 1. The lowest BCUT2D eigenvalue weighted by Crippen LogP contribution is -2.29. The molecule has 4 N–H and O–H groups in total. The van der Waals surface area contributed by atoms with Crippen molar-refractivity contribution >= 4 is 49.0 Å². The zero-order chi connectivity index (χ0) is 16.9. The van der Waals surface area contributed by atoms with Gasteiger partial charge in [0.25, 0.3) is 0 Å². The fourth-order valence-corrected chi connectivity index (χ4v) is 2.87. The highest BCUT2D eigenvalue weighted by molar-refractivity contribution is 9.10. The molecule has 0 aliphatic carbocycles. The van der Waals surface area contributed by atoms with Gasteiger partial charge >= 0.3 is 0 Å². The van der Waals surface area contributed by atoms with Gasteiger partial charge in [0.1, 0.15) is 0 Å². The second-order valence-electron chi connectivity index (χ2n) is 4.73. The number of rotatable bonds is 6. The fourth-order valence-electron chi connectivity index (χ4n) is 1.81. The van der Waals surface area contributed by atoms with Crippen LogP contribution in [0.5, 0.6) is 0 Å². The van der Waals surface area contributed by atoms with Crippen LogP contribution >= 0.6 is 28.1 Å². The molecule has 0 spiro atoms. The number of hydrogen-bond donors (Lipinski definition) is 3. The van der Waals surface area contributed by atoms with Gasteiger partial charge in [0.2, 0.25) is 10.0 Å². The lowest BCUT2D eigenvalue weighted by Gasteiger charge is -2.10. The first-order valence-electron chi connectivity index (χ1n) is 6.70. The van der Waals surface area contributed by atoms with E-state index in [9.17, 15) is 8.42 Å². The van der Waals surface area contributed by atoms with Crippen LogP contribution in [0.4, 0.5) is 5.69 Å². The molecule has 1 heterocycles. The second-order valence-corrected chi connectivity index (χ2v) is 7.61. The Labute approximate surface area is 148 Å². The molecular weight excluding hydrogens is 402 g/mol. The Morgan fingerprint density at radius 1 is 1.35 bits per heavy atom. The van der Waals surface area contributed by atoms with E-state index in [4.69, 9.17) is 17.4 Å². The number of benzene rings is 1. The van der Waals surface area contributed by atoms with Gasteiger partial charge in [-0.15, -0.1) is 0 Å². The van der Waals surface area contributed by atoms with Crippen molar-refractivity contribution in [3.05, 3.63) is 41.1 Å². The lowest BCUT2D eigenvalue weighted by molar-refractivity contribution is 0.573. The molecule has 1 aromatic carbocycles. The minimum Gasteiger partial charge on any atom is -0.362 e. The van der Waals surface area contributed by atoms with Crippen molar-refractivity contribution in [3.8, 4) is 0 Å². The largest absolute Gasteiger partial charge is 0.362 e. The maximum Gasteiger partial charge on any atom is 0.238 e. The zero-order valence-electron chi connectivity index (χ0n) is 12.1. The Morgan fingerprint density at radius 3 is 2.61 bits per heavy atom. The number of halogens is 1.